The molecule has 26 heavy (non-hydrogen) atoms. The summed E-state index contributed by atoms with van der Waals surface area (Å²) in [6.45, 7) is 0.241. The van der Waals surface area contributed by atoms with Crippen molar-refractivity contribution >= 4 is 17.8 Å². The highest BCUT2D eigenvalue weighted by molar-refractivity contribution is 6.03. The summed E-state index contributed by atoms with van der Waals surface area (Å²) in [6, 6.07) is 16.4. The van der Waals surface area contributed by atoms with Crippen LogP contribution in [-0.4, -0.2) is 46.9 Å². The Morgan fingerprint density at radius 2 is 1.65 bits per heavy atom. The smallest absolute Gasteiger partial charge is 0.325 e. The first-order valence-electron chi connectivity index (χ1n) is 8.22. The van der Waals surface area contributed by atoms with Gasteiger partial charge in [0.05, 0.1) is 0 Å². The number of nitrogens with zero attached hydrogens (tertiary/aromatic N) is 2. The van der Waals surface area contributed by atoms with E-state index in [9.17, 15) is 14.4 Å². The zero-order valence-electron chi connectivity index (χ0n) is 14.3. The summed E-state index contributed by atoms with van der Waals surface area (Å²) in [5.74, 6) is -0.922. The molecule has 2 atom stereocenters. The van der Waals surface area contributed by atoms with E-state index in [2.05, 4.69) is 5.32 Å². The summed E-state index contributed by atoms with van der Waals surface area (Å²) in [6.07, 6.45) is -0.950. The second kappa shape index (κ2) is 7.37. The number of benzene rings is 2. The van der Waals surface area contributed by atoms with Crippen LogP contribution in [0.15, 0.2) is 60.7 Å². The van der Waals surface area contributed by atoms with Gasteiger partial charge in [0.2, 0.25) is 0 Å². The van der Waals surface area contributed by atoms with Gasteiger partial charge in [-0.05, 0) is 17.7 Å². The lowest BCUT2D eigenvalue weighted by molar-refractivity contribution is -0.128. The van der Waals surface area contributed by atoms with Gasteiger partial charge in [0.25, 0.3) is 11.8 Å². The Bertz CT molecular complexity index is 810. The van der Waals surface area contributed by atoms with Crippen molar-refractivity contribution in [1.82, 2.24) is 15.1 Å². The van der Waals surface area contributed by atoms with Crippen LogP contribution < -0.4 is 11.1 Å². The summed E-state index contributed by atoms with van der Waals surface area (Å²) in [4.78, 5) is 39.9. The van der Waals surface area contributed by atoms with Gasteiger partial charge < -0.3 is 15.5 Å². The molecule has 1 aliphatic heterocycles. The third-order valence-corrected chi connectivity index (χ3v) is 4.40. The van der Waals surface area contributed by atoms with Gasteiger partial charge in [-0.15, -0.1) is 0 Å². The molecule has 2 aromatic rings. The minimum atomic E-state index is -0.982. The lowest BCUT2D eigenvalue weighted by Gasteiger charge is -2.41. The highest BCUT2D eigenvalue weighted by Gasteiger charge is 2.43. The molecule has 7 heteroatoms. The number of hydrogen-bond donors (Lipinski definition) is 2. The Kier molecular flexibility index (Phi) is 4.99. The van der Waals surface area contributed by atoms with Gasteiger partial charge in [0.15, 0.2) is 0 Å². The van der Waals surface area contributed by atoms with Crippen LogP contribution in [0.3, 0.4) is 0 Å². The molecule has 0 radical (unpaired) electrons. The van der Waals surface area contributed by atoms with Crippen molar-refractivity contribution in [1.29, 1.82) is 0 Å². The number of nitrogens with two attached hydrogens (primary N) is 1. The fourth-order valence-electron chi connectivity index (χ4n) is 2.99. The molecule has 3 rings (SSSR count). The first kappa shape index (κ1) is 17.6. The van der Waals surface area contributed by atoms with Crippen LogP contribution in [0.25, 0.3) is 0 Å². The summed E-state index contributed by atoms with van der Waals surface area (Å²) in [5.41, 5.74) is 7.54. The molecule has 7 nitrogen and oxygen atoms in total. The fourth-order valence-corrected chi connectivity index (χ4v) is 2.99. The van der Waals surface area contributed by atoms with Crippen LogP contribution in [-0.2, 0) is 11.3 Å². The van der Waals surface area contributed by atoms with Gasteiger partial charge in [-0.2, -0.15) is 0 Å². The molecule has 2 unspecified atom stereocenters. The van der Waals surface area contributed by atoms with E-state index in [4.69, 9.17) is 5.73 Å². The third kappa shape index (κ3) is 3.43. The lowest BCUT2D eigenvalue weighted by atomic mass is 10.1. The Hall–Kier alpha value is -3.19. The SMILES string of the molecule is CN(C(=O)c1ccccc1)C1C(=O)NC(=O)N(Cc2ccccc2)C1N. The molecule has 0 spiro atoms. The van der Waals surface area contributed by atoms with E-state index >= 15 is 0 Å². The summed E-state index contributed by atoms with van der Waals surface area (Å²) in [7, 11) is 1.51. The van der Waals surface area contributed by atoms with Gasteiger partial charge in [-0.25, -0.2) is 4.79 Å². The van der Waals surface area contributed by atoms with Crippen LogP contribution in [0, 0.1) is 0 Å². The molecule has 1 saturated heterocycles. The molecule has 3 N–H and O–H groups in total. The average Bonchev–Trinajstić information content (AvgIpc) is 2.66. The zero-order valence-corrected chi connectivity index (χ0v) is 14.3. The van der Waals surface area contributed by atoms with Gasteiger partial charge in [0, 0.05) is 19.2 Å². The van der Waals surface area contributed by atoms with Crippen LogP contribution in [0.2, 0.25) is 0 Å². The number of imide groups is 1. The molecular weight excluding hydrogens is 332 g/mol. The van der Waals surface area contributed by atoms with Crippen molar-refractivity contribution < 1.29 is 14.4 Å². The van der Waals surface area contributed by atoms with Crippen molar-refractivity contribution in [3.05, 3.63) is 71.8 Å². The zero-order chi connectivity index (χ0) is 18.7. The van der Waals surface area contributed by atoms with E-state index in [-0.39, 0.29) is 12.5 Å². The minimum absolute atomic E-state index is 0.241. The first-order chi connectivity index (χ1) is 12.5. The second-order valence-corrected chi connectivity index (χ2v) is 6.13. The number of likely N-dealkylation sites (N-methyl/N-ethyl adjacent to an activating group) is 1. The molecule has 0 aromatic heterocycles. The number of amides is 4. The largest absolute Gasteiger partial charge is 0.326 e. The van der Waals surface area contributed by atoms with E-state index in [1.165, 1.54) is 16.8 Å². The maximum atomic E-state index is 12.7. The van der Waals surface area contributed by atoms with Gasteiger partial charge in [-0.1, -0.05) is 48.5 Å². The summed E-state index contributed by atoms with van der Waals surface area (Å²) < 4.78 is 0. The topological polar surface area (TPSA) is 95.7 Å². The molecular formula is C19H20N4O3. The van der Waals surface area contributed by atoms with Crippen molar-refractivity contribution in [2.45, 2.75) is 18.8 Å². The van der Waals surface area contributed by atoms with Crippen molar-refractivity contribution in [2.24, 2.45) is 5.73 Å². The van der Waals surface area contributed by atoms with Crippen LogP contribution in [0.1, 0.15) is 15.9 Å². The van der Waals surface area contributed by atoms with E-state index in [0.29, 0.717) is 5.56 Å². The predicted octanol–water partition coefficient (Wildman–Crippen LogP) is 1.16. The molecule has 134 valence electrons. The third-order valence-electron chi connectivity index (χ3n) is 4.40. The molecule has 0 saturated carbocycles. The Balaban J connectivity index is 1.83. The molecule has 2 aromatic carbocycles. The molecule has 0 bridgehead atoms. The number of carbonyl (C=O) groups excluding carboxylic acids is 3. The number of urea groups is 1. The Morgan fingerprint density at radius 3 is 2.27 bits per heavy atom. The maximum absolute atomic E-state index is 12.7. The van der Waals surface area contributed by atoms with Crippen molar-refractivity contribution in [2.75, 3.05) is 7.05 Å². The van der Waals surface area contributed by atoms with Gasteiger partial charge in [-0.3, -0.25) is 14.9 Å². The average molecular weight is 352 g/mol. The van der Waals surface area contributed by atoms with E-state index in [0.717, 1.165) is 5.56 Å². The number of rotatable bonds is 4. The number of hydrogen-bond acceptors (Lipinski definition) is 4. The van der Waals surface area contributed by atoms with Crippen LogP contribution in [0.4, 0.5) is 4.79 Å². The molecule has 1 aliphatic rings. The standard InChI is InChI=1S/C19H20N4O3/c1-22(18(25)14-10-6-3-7-11-14)15-16(20)23(19(26)21-17(15)24)12-13-8-4-2-5-9-13/h2-11,15-16H,12,20H2,1H3,(H,21,24,26). The van der Waals surface area contributed by atoms with E-state index in [1.54, 1.807) is 30.3 Å². The van der Waals surface area contributed by atoms with Gasteiger partial charge >= 0.3 is 6.03 Å². The number of nitrogens with one attached hydrogen (secondary N) is 1. The van der Waals surface area contributed by atoms with Crippen molar-refractivity contribution in [3.63, 3.8) is 0 Å². The molecule has 1 fully saturated rings. The highest BCUT2D eigenvalue weighted by atomic mass is 16.2. The fraction of sp³-hybridized carbons (Fsp3) is 0.211. The molecule has 0 aliphatic carbocycles. The molecule has 1 heterocycles. The quantitative estimate of drug-likeness (QED) is 0.863. The van der Waals surface area contributed by atoms with Gasteiger partial charge in [0.1, 0.15) is 12.2 Å². The predicted molar refractivity (Wildman–Crippen MR) is 95.8 cm³/mol. The van der Waals surface area contributed by atoms with E-state index < -0.39 is 24.1 Å². The lowest BCUT2D eigenvalue weighted by Crippen LogP contribution is -2.70. The Morgan fingerprint density at radius 1 is 1.08 bits per heavy atom. The summed E-state index contributed by atoms with van der Waals surface area (Å²) in [5, 5.41) is 2.29. The maximum Gasteiger partial charge on any atom is 0.325 e. The highest BCUT2D eigenvalue weighted by Crippen LogP contribution is 2.17. The first-order valence-corrected chi connectivity index (χ1v) is 8.22. The second-order valence-electron chi connectivity index (χ2n) is 6.13. The van der Waals surface area contributed by atoms with Crippen LogP contribution >= 0.6 is 0 Å². The number of carbonyl (C=O) groups is 3. The van der Waals surface area contributed by atoms with Crippen LogP contribution in [0.5, 0.6) is 0 Å². The minimum Gasteiger partial charge on any atom is -0.326 e. The molecule has 4 amide bonds. The summed E-state index contributed by atoms with van der Waals surface area (Å²) >= 11 is 0. The normalized spacial score (nSPS) is 19.8. The Labute approximate surface area is 151 Å². The van der Waals surface area contributed by atoms with Crippen molar-refractivity contribution in [3.8, 4) is 0 Å². The van der Waals surface area contributed by atoms with E-state index in [1.807, 2.05) is 30.3 Å². The monoisotopic (exact) mass is 352 g/mol.